The van der Waals surface area contributed by atoms with Crippen LogP contribution in [0.4, 0.5) is 10.2 Å². The van der Waals surface area contributed by atoms with E-state index in [4.69, 9.17) is 4.74 Å². The summed E-state index contributed by atoms with van der Waals surface area (Å²) in [5.74, 6) is 1.73. The molecule has 4 heterocycles. The molecule has 1 aromatic carbocycles. The number of benzene rings is 1. The minimum Gasteiger partial charge on any atom is -0.507 e. The van der Waals surface area contributed by atoms with Crippen molar-refractivity contribution in [1.82, 2.24) is 25.3 Å². The van der Waals surface area contributed by atoms with Crippen LogP contribution in [0.15, 0.2) is 42.7 Å². The summed E-state index contributed by atoms with van der Waals surface area (Å²) < 4.78 is 22.2. The number of halogens is 1. The molecule has 31 heavy (non-hydrogen) atoms. The van der Waals surface area contributed by atoms with Crippen molar-refractivity contribution in [3.8, 4) is 28.5 Å². The maximum absolute atomic E-state index is 14.9. The van der Waals surface area contributed by atoms with Crippen molar-refractivity contribution in [3.05, 3.63) is 42.7 Å². The molecule has 9 heteroatoms. The first-order chi connectivity index (χ1) is 15.0. The Morgan fingerprint density at radius 3 is 2.77 bits per heavy atom. The van der Waals surface area contributed by atoms with E-state index in [1.807, 2.05) is 18.0 Å². The van der Waals surface area contributed by atoms with Gasteiger partial charge < -0.3 is 20.1 Å². The van der Waals surface area contributed by atoms with Crippen molar-refractivity contribution < 1.29 is 14.2 Å². The fourth-order valence-electron chi connectivity index (χ4n) is 4.55. The van der Waals surface area contributed by atoms with Crippen molar-refractivity contribution in [2.24, 2.45) is 7.05 Å². The minimum atomic E-state index is -0.929. The highest BCUT2D eigenvalue weighted by molar-refractivity contribution is 5.68. The Kier molecular flexibility index (Phi) is 4.97. The van der Waals surface area contributed by atoms with Gasteiger partial charge in [-0.25, -0.2) is 4.39 Å². The lowest BCUT2D eigenvalue weighted by molar-refractivity contribution is 0.176. The zero-order chi connectivity index (χ0) is 21.5. The standard InChI is InChI=1S/C22H25FN6O2/c1-28-12-15(11-24-28)31-14-4-5-16(20(30)10-14)17-7-8-21(27-26-17)29(2)19-9-13-3-6-18(25-13)22(19)23/h4-5,7-8,10-13,18-19,22,25,30H,3,6,9H2,1-2H3/t13-,18+,19-,22+/m1/s1. The first kappa shape index (κ1) is 19.7. The normalized spacial score (nSPS) is 24.9. The number of aryl methyl sites for hydroxylation is 1. The van der Waals surface area contributed by atoms with Gasteiger partial charge in [0.2, 0.25) is 0 Å². The average Bonchev–Trinajstić information content (AvgIpc) is 3.37. The summed E-state index contributed by atoms with van der Waals surface area (Å²) in [5.41, 5.74) is 1.08. The number of aromatic hydroxyl groups is 1. The first-order valence-corrected chi connectivity index (χ1v) is 10.4. The second kappa shape index (κ2) is 7.81. The van der Waals surface area contributed by atoms with Gasteiger partial charge >= 0.3 is 0 Å². The lowest BCUT2D eigenvalue weighted by atomic mass is 9.96. The maximum Gasteiger partial charge on any atom is 0.165 e. The van der Waals surface area contributed by atoms with E-state index in [1.165, 1.54) is 6.07 Å². The summed E-state index contributed by atoms with van der Waals surface area (Å²) in [6.45, 7) is 0. The zero-order valence-corrected chi connectivity index (χ0v) is 17.4. The summed E-state index contributed by atoms with van der Waals surface area (Å²) in [7, 11) is 3.67. The number of nitrogens with zero attached hydrogens (tertiary/aromatic N) is 5. The Labute approximate surface area is 179 Å². The van der Waals surface area contributed by atoms with Crippen LogP contribution in [-0.2, 0) is 7.05 Å². The Bertz CT molecular complexity index is 1070. The predicted molar refractivity (Wildman–Crippen MR) is 114 cm³/mol. The second-order valence-corrected chi connectivity index (χ2v) is 8.31. The number of phenols is 1. The van der Waals surface area contributed by atoms with Gasteiger partial charge in [0.25, 0.3) is 0 Å². The van der Waals surface area contributed by atoms with Crippen LogP contribution in [0.25, 0.3) is 11.3 Å². The number of anilines is 1. The minimum absolute atomic E-state index is 0.0375. The van der Waals surface area contributed by atoms with Crippen LogP contribution in [0.5, 0.6) is 17.2 Å². The number of piperidine rings is 1. The van der Waals surface area contributed by atoms with Crippen LogP contribution in [0.3, 0.4) is 0 Å². The second-order valence-electron chi connectivity index (χ2n) is 8.31. The topological polar surface area (TPSA) is 88.3 Å². The van der Waals surface area contributed by atoms with E-state index in [1.54, 1.807) is 42.3 Å². The van der Waals surface area contributed by atoms with Gasteiger partial charge in [-0.15, -0.1) is 10.2 Å². The van der Waals surface area contributed by atoms with E-state index < -0.39 is 6.17 Å². The lowest BCUT2D eigenvalue weighted by Crippen LogP contribution is -2.55. The fraction of sp³-hybridized carbons (Fsp3) is 0.409. The molecule has 2 aliphatic rings. The highest BCUT2D eigenvalue weighted by atomic mass is 19.1. The van der Waals surface area contributed by atoms with E-state index in [9.17, 15) is 9.50 Å². The summed E-state index contributed by atoms with van der Waals surface area (Å²) in [5, 5.41) is 26.5. The Morgan fingerprint density at radius 1 is 1.19 bits per heavy atom. The molecule has 0 spiro atoms. The van der Waals surface area contributed by atoms with Crippen molar-refractivity contribution >= 4 is 5.82 Å². The number of nitrogens with one attached hydrogen (secondary N) is 1. The predicted octanol–water partition coefficient (Wildman–Crippen LogP) is 3.04. The zero-order valence-electron chi connectivity index (χ0n) is 17.4. The Balaban J connectivity index is 1.31. The van der Waals surface area contributed by atoms with Crippen LogP contribution in [0.2, 0.25) is 0 Å². The van der Waals surface area contributed by atoms with Gasteiger partial charge in [0, 0.05) is 37.8 Å². The Hall–Kier alpha value is -3.20. The van der Waals surface area contributed by atoms with Gasteiger partial charge in [-0.3, -0.25) is 4.68 Å². The molecule has 0 radical (unpaired) electrons. The fourth-order valence-corrected chi connectivity index (χ4v) is 4.55. The largest absolute Gasteiger partial charge is 0.507 e. The SMILES string of the molecule is CN(c1ccc(-c2ccc(Oc3cnn(C)c3)cc2O)nn1)[C@@H]1C[C@H]2CC[C@H](N2)[C@@H]1F. The molecule has 3 aromatic rings. The maximum atomic E-state index is 14.9. The first-order valence-electron chi connectivity index (χ1n) is 10.4. The number of ether oxygens (including phenoxy) is 1. The molecule has 2 aliphatic heterocycles. The molecule has 2 fully saturated rings. The van der Waals surface area contributed by atoms with Crippen molar-refractivity contribution in [1.29, 1.82) is 0 Å². The third kappa shape index (κ3) is 3.81. The number of rotatable bonds is 5. The van der Waals surface area contributed by atoms with Crippen molar-refractivity contribution in [2.45, 2.75) is 43.6 Å². The molecule has 2 N–H and O–H groups in total. The van der Waals surface area contributed by atoms with Crippen LogP contribution >= 0.6 is 0 Å². The van der Waals surface area contributed by atoms with Gasteiger partial charge in [0.1, 0.15) is 17.7 Å². The quantitative estimate of drug-likeness (QED) is 0.651. The molecule has 2 aromatic heterocycles. The smallest absolute Gasteiger partial charge is 0.165 e. The molecule has 5 rings (SSSR count). The number of fused-ring (bicyclic) bond motifs is 2. The summed E-state index contributed by atoms with van der Waals surface area (Å²) in [4.78, 5) is 1.89. The molecule has 0 aliphatic carbocycles. The molecule has 0 amide bonds. The molecular formula is C22H25FN6O2. The third-order valence-electron chi connectivity index (χ3n) is 6.23. The summed E-state index contributed by atoms with van der Waals surface area (Å²) in [6, 6.07) is 8.72. The van der Waals surface area contributed by atoms with Crippen LogP contribution < -0.4 is 15.0 Å². The number of alkyl halides is 1. The highest BCUT2D eigenvalue weighted by Gasteiger charge is 2.43. The summed E-state index contributed by atoms with van der Waals surface area (Å²) in [6.07, 6.45) is 5.08. The van der Waals surface area contributed by atoms with E-state index in [-0.39, 0.29) is 17.8 Å². The molecule has 2 bridgehead atoms. The van der Waals surface area contributed by atoms with Gasteiger partial charge in [0.05, 0.1) is 24.1 Å². The van der Waals surface area contributed by atoms with Crippen LogP contribution in [0.1, 0.15) is 19.3 Å². The summed E-state index contributed by atoms with van der Waals surface area (Å²) >= 11 is 0. The monoisotopic (exact) mass is 424 g/mol. The van der Waals surface area contributed by atoms with Crippen molar-refractivity contribution in [3.63, 3.8) is 0 Å². The van der Waals surface area contributed by atoms with Crippen LogP contribution in [0, 0.1) is 0 Å². The number of hydrogen-bond acceptors (Lipinski definition) is 7. The van der Waals surface area contributed by atoms with E-state index >= 15 is 0 Å². The molecule has 8 nitrogen and oxygen atoms in total. The molecule has 2 saturated heterocycles. The van der Waals surface area contributed by atoms with Crippen LogP contribution in [-0.4, -0.2) is 56.4 Å². The van der Waals surface area contributed by atoms with E-state index in [2.05, 4.69) is 20.6 Å². The third-order valence-corrected chi connectivity index (χ3v) is 6.23. The number of aromatic nitrogens is 4. The highest BCUT2D eigenvalue weighted by Crippen LogP contribution is 2.35. The van der Waals surface area contributed by atoms with Crippen molar-refractivity contribution in [2.75, 3.05) is 11.9 Å². The Morgan fingerprint density at radius 2 is 2.06 bits per heavy atom. The molecule has 0 unspecified atom stereocenters. The average molecular weight is 424 g/mol. The van der Waals surface area contributed by atoms with E-state index in [0.29, 0.717) is 34.6 Å². The van der Waals surface area contributed by atoms with Gasteiger partial charge in [-0.05, 0) is 43.5 Å². The van der Waals surface area contributed by atoms with E-state index in [0.717, 1.165) is 19.3 Å². The molecule has 0 saturated carbocycles. The lowest BCUT2D eigenvalue weighted by Gasteiger charge is -2.38. The number of phenolic OH excluding ortho intramolecular Hbond substituents is 1. The van der Waals surface area contributed by atoms with Gasteiger partial charge in [0.15, 0.2) is 11.6 Å². The molecule has 4 atom stereocenters. The number of hydrogen-bond donors (Lipinski definition) is 2. The molecule has 162 valence electrons. The van der Waals surface area contributed by atoms with Gasteiger partial charge in [-0.2, -0.15) is 5.10 Å². The van der Waals surface area contributed by atoms with Gasteiger partial charge in [-0.1, -0.05) is 0 Å². The molecular weight excluding hydrogens is 399 g/mol.